The van der Waals surface area contributed by atoms with Gasteiger partial charge in [0.15, 0.2) is 0 Å². The van der Waals surface area contributed by atoms with Crippen LogP contribution < -0.4 is 10.0 Å². The predicted molar refractivity (Wildman–Crippen MR) is 74.5 cm³/mol. The maximum Gasteiger partial charge on any atom is 0.328 e. The SMILES string of the molecule is CCCCNC(=O)NS(=O)(=O)c1cc(C)ccc1C. The van der Waals surface area contributed by atoms with E-state index in [0.717, 1.165) is 18.4 Å². The van der Waals surface area contributed by atoms with E-state index in [1.54, 1.807) is 26.0 Å². The smallest absolute Gasteiger partial charge is 0.328 e. The van der Waals surface area contributed by atoms with Crippen molar-refractivity contribution in [2.75, 3.05) is 6.54 Å². The van der Waals surface area contributed by atoms with Crippen LogP contribution in [0.15, 0.2) is 23.1 Å². The molecule has 5 nitrogen and oxygen atoms in total. The van der Waals surface area contributed by atoms with E-state index in [2.05, 4.69) is 5.32 Å². The van der Waals surface area contributed by atoms with Gasteiger partial charge in [-0.15, -0.1) is 0 Å². The second-order valence-electron chi connectivity index (χ2n) is 4.48. The zero-order chi connectivity index (χ0) is 14.5. The molecule has 0 aliphatic rings. The normalized spacial score (nSPS) is 11.1. The number of hydrogen-bond donors (Lipinski definition) is 2. The van der Waals surface area contributed by atoms with Gasteiger partial charge in [-0.2, -0.15) is 0 Å². The molecule has 0 saturated carbocycles. The topological polar surface area (TPSA) is 75.3 Å². The van der Waals surface area contributed by atoms with Crippen molar-refractivity contribution in [1.29, 1.82) is 0 Å². The molecular formula is C13H20N2O3S. The Morgan fingerprint density at radius 2 is 1.95 bits per heavy atom. The summed E-state index contributed by atoms with van der Waals surface area (Å²) in [6, 6.07) is 4.42. The fourth-order valence-corrected chi connectivity index (χ4v) is 2.85. The average Bonchev–Trinajstić information content (AvgIpc) is 2.32. The summed E-state index contributed by atoms with van der Waals surface area (Å²) in [5.41, 5.74) is 1.44. The van der Waals surface area contributed by atoms with E-state index in [0.29, 0.717) is 12.1 Å². The van der Waals surface area contributed by atoms with Gasteiger partial charge in [0.25, 0.3) is 10.0 Å². The molecule has 0 unspecified atom stereocenters. The quantitative estimate of drug-likeness (QED) is 0.813. The van der Waals surface area contributed by atoms with Crippen LogP contribution in [0.2, 0.25) is 0 Å². The van der Waals surface area contributed by atoms with Crippen LogP contribution in [0, 0.1) is 13.8 Å². The van der Waals surface area contributed by atoms with Gasteiger partial charge in [0.1, 0.15) is 0 Å². The highest BCUT2D eigenvalue weighted by atomic mass is 32.2. The Morgan fingerprint density at radius 1 is 1.26 bits per heavy atom. The van der Waals surface area contributed by atoms with Crippen LogP contribution in [0.5, 0.6) is 0 Å². The summed E-state index contributed by atoms with van der Waals surface area (Å²) < 4.78 is 26.2. The lowest BCUT2D eigenvalue weighted by atomic mass is 10.2. The molecule has 106 valence electrons. The van der Waals surface area contributed by atoms with Crippen molar-refractivity contribution >= 4 is 16.1 Å². The Kier molecular flexibility index (Phi) is 5.35. The third-order valence-corrected chi connectivity index (χ3v) is 4.15. The molecule has 6 heteroatoms. The molecule has 0 radical (unpaired) electrons. The van der Waals surface area contributed by atoms with Gasteiger partial charge >= 0.3 is 6.03 Å². The number of benzene rings is 1. The number of amides is 2. The first-order valence-electron chi connectivity index (χ1n) is 6.24. The van der Waals surface area contributed by atoms with E-state index in [-0.39, 0.29) is 4.90 Å². The highest BCUT2D eigenvalue weighted by Gasteiger charge is 2.19. The number of hydrogen-bond acceptors (Lipinski definition) is 3. The molecule has 1 rings (SSSR count). The summed E-state index contributed by atoms with van der Waals surface area (Å²) in [6.45, 7) is 5.96. The van der Waals surface area contributed by atoms with Gasteiger partial charge in [-0.25, -0.2) is 17.9 Å². The number of carbonyl (C=O) groups excluding carboxylic acids is 1. The van der Waals surface area contributed by atoms with Crippen molar-refractivity contribution in [3.8, 4) is 0 Å². The molecule has 2 amide bonds. The van der Waals surface area contributed by atoms with E-state index in [1.165, 1.54) is 0 Å². The van der Waals surface area contributed by atoms with Crippen LogP contribution in [0.3, 0.4) is 0 Å². The van der Waals surface area contributed by atoms with Crippen molar-refractivity contribution in [1.82, 2.24) is 10.0 Å². The minimum Gasteiger partial charge on any atom is -0.337 e. The standard InChI is InChI=1S/C13H20N2O3S/c1-4-5-8-14-13(16)15-19(17,18)12-9-10(2)6-7-11(12)3/h6-7,9H,4-5,8H2,1-3H3,(H2,14,15,16). The van der Waals surface area contributed by atoms with Gasteiger partial charge in [-0.1, -0.05) is 25.5 Å². The van der Waals surface area contributed by atoms with E-state index in [9.17, 15) is 13.2 Å². The Balaban J connectivity index is 2.81. The van der Waals surface area contributed by atoms with Crippen LogP contribution in [0.4, 0.5) is 4.79 Å². The van der Waals surface area contributed by atoms with Gasteiger partial charge in [0.2, 0.25) is 0 Å². The number of aryl methyl sites for hydroxylation is 2. The predicted octanol–water partition coefficient (Wildman–Crippen LogP) is 2.09. The molecule has 2 N–H and O–H groups in total. The van der Waals surface area contributed by atoms with Gasteiger partial charge in [-0.05, 0) is 37.5 Å². The maximum absolute atomic E-state index is 12.1. The molecule has 0 heterocycles. The molecule has 0 atom stereocenters. The van der Waals surface area contributed by atoms with Crippen molar-refractivity contribution in [3.05, 3.63) is 29.3 Å². The fraction of sp³-hybridized carbons (Fsp3) is 0.462. The number of nitrogens with one attached hydrogen (secondary N) is 2. The van der Waals surface area contributed by atoms with E-state index < -0.39 is 16.1 Å². The van der Waals surface area contributed by atoms with E-state index >= 15 is 0 Å². The van der Waals surface area contributed by atoms with E-state index in [1.807, 2.05) is 17.7 Å². The van der Waals surface area contributed by atoms with Crippen LogP contribution in [0.25, 0.3) is 0 Å². The third kappa shape index (κ3) is 4.55. The highest BCUT2D eigenvalue weighted by Crippen LogP contribution is 2.16. The first-order chi connectivity index (χ1) is 8.86. The molecule has 0 spiro atoms. The Labute approximate surface area is 114 Å². The summed E-state index contributed by atoms with van der Waals surface area (Å²) >= 11 is 0. The fourth-order valence-electron chi connectivity index (χ4n) is 1.59. The molecule has 1 aromatic carbocycles. The lowest BCUT2D eigenvalue weighted by Gasteiger charge is -2.10. The zero-order valence-corrected chi connectivity index (χ0v) is 12.3. The molecule has 0 saturated heterocycles. The summed E-state index contributed by atoms with van der Waals surface area (Å²) in [7, 11) is -3.81. The lowest BCUT2D eigenvalue weighted by molar-refractivity contribution is 0.245. The second kappa shape index (κ2) is 6.56. The molecule has 0 fully saturated rings. The van der Waals surface area contributed by atoms with Crippen molar-refractivity contribution < 1.29 is 13.2 Å². The summed E-state index contributed by atoms with van der Waals surface area (Å²) in [6.07, 6.45) is 1.75. The molecular weight excluding hydrogens is 264 g/mol. The minimum absolute atomic E-state index is 0.137. The first kappa shape index (κ1) is 15.5. The van der Waals surface area contributed by atoms with Crippen LogP contribution in [0.1, 0.15) is 30.9 Å². The van der Waals surface area contributed by atoms with Gasteiger partial charge in [0, 0.05) is 6.54 Å². The number of carbonyl (C=O) groups is 1. The minimum atomic E-state index is -3.81. The van der Waals surface area contributed by atoms with Crippen molar-refractivity contribution in [3.63, 3.8) is 0 Å². The average molecular weight is 284 g/mol. The third-order valence-electron chi connectivity index (χ3n) is 2.68. The number of urea groups is 1. The monoisotopic (exact) mass is 284 g/mol. The highest BCUT2D eigenvalue weighted by molar-refractivity contribution is 7.90. The Bertz CT molecular complexity index is 553. The Hall–Kier alpha value is -1.56. The van der Waals surface area contributed by atoms with Crippen molar-refractivity contribution in [2.45, 2.75) is 38.5 Å². The molecule has 0 aliphatic carbocycles. The van der Waals surface area contributed by atoms with Gasteiger partial charge in [-0.3, -0.25) is 0 Å². The second-order valence-corrected chi connectivity index (χ2v) is 6.13. The van der Waals surface area contributed by atoms with E-state index in [4.69, 9.17) is 0 Å². The largest absolute Gasteiger partial charge is 0.337 e. The Morgan fingerprint density at radius 3 is 2.58 bits per heavy atom. The number of rotatable bonds is 5. The zero-order valence-electron chi connectivity index (χ0n) is 11.5. The molecule has 0 aromatic heterocycles. The van der Waals surface area contributed by atoms with Gasteiger partial charge < -0.3 is 5.32 Å². The van der Waals surface area contributed by atoms with Crippen molar-refractivity contribution in [2.24, 2.45) is 0 Å². The summed E-state index contributed by atoms with van der Waals surface area (Å²) in [5.74, 6) is 0. The van der Waals surface area contributed by atoms with Gasteiger partial charge in [0.05, 0.1) is 4.90 Å². The van der Waals surface area contributed by atoms with Crippen LogP contribution in [-0.2, 0) is 10.0 Å². The van der Waals surface area contributed by atoms with Crippen LogP contribution in [-0.4, -0.2) is 21.0 Å². The summed E-state index contributed by atoms with van der Waals surface area (Å²) in [4.78, 5) is 11.6. The molecule has 19 heavy (non-hydrogen) atoms. The molecule has 1 aromatic rings. The molecule has 0 aliphatic heterocycles. The summed E-state index contributed by atoms with van der Waals surface area (Å²) in [5, 5.41) is 2.51. The number of unbranched alkanes of at least 4 members (excludes halogenated alkanes) is 1. The first-order valence-corrected chi connectivity index (χ1v) is 7.73. The lowest BCUT2D eigenvalue weighted by Crippen LogP contribution is -2.40. The maximum atomic E-state index is 12.1. The van der Waals surface area contributed by atoms with Crippen LogP contribution >= 0.6 is 0 Å². The molecule has 0 bridgehead atoms. The number of sulfonamides is 1.